The van der Waals surface area contributed by atoms with Gasteiger partial charge in [0.25, 0.3) is 0 Å². The van der Waals surface area contributed by atoms with Crippen molar-refractivity contribution < 1.29 is 13.2 Å². The minimum Gasteiger partial charge on any atom is -0.378 e. The number of nitrogens with one attached hydrogen (secondary N) is 1. The standard InChI is InChI=1S/C11H16BrN3O3S/c1-8-7-18-4-3-15(8)19(16,17)10-5-9(12)6-14-11(10)13-2/h5-6,8H,3-4,7H2,1-2H3,(H,13,14). The monoisotopic (exact) mass is 349 g/mol. The topological polar surface area (TPSA) is 71.5 Å². The second-order valence-electron chi connectivity index (χ2n) is 4.29. The summed E-state index contributed by atoms with van der Waals surface area (Å²) in [5, 5.41) is 2.81. The first-order chi connectivity index (χ1) is 8.96. The van der Waals surface area contributed by atoms with Crippen LogP contribution in [0.1, 0.15) is 6.92 Å². The van der Waals surface area contributed by atoms with Crippen LogP contribution in [0.15, 0.2) is 21.6 Å². The fourth-order valence-electron chi connectivity index (χ4n) is 2.00. The van der Waals surface area contributed by atoms with E-state index in [-0.39, 0.29) is 10.9 Å². The highest BCUT2D eigenvalue weighted by atomic mass is 79.9. The van der Waals surface area contributed by atoms with Gasteiger partial charge < -0.3 is 10.1 Å². The van der Waals surface area contributed by atoms with Crippen molar-refractivity contribution in [2.24, 2.45) is 0 Å². The zero-order valence-corrected chi connectivity index (χ0v) is 13.2. The third-order valence-electron chi connectivity index (χ3n) is 2.95. The first-order valence-corrected chi connectivity index (χ1v) is 8.13. The summed E-state index contributed by atoms with van der Waals surface area (Å²) in [6, 6.07) is 1.39. The molecule has 1 aliphatic rings. The number of morpholine rings is 1. The summed E-state index contributed by atoms with van der Waals surface area (Å²) in [5.74, 6) is 0.349. The molecule has 0 spiro atoms. The van der Waals surface area contributed by atoms with Crippen LogP contribution in [0.25, 0.3) is 0 Å². The van der Waals surface area contributed by atoms with E-state index >= 15 is 0 Å². The van der Waals surface area contributed by atoms with E-state index in [0.29, 0.717) is 30.0 Å². The van der Waals surface area contributed by atoms with Gasteiger partial charge in [-0.15, -0.1) is 0 Å². The Kier molecular flexibility index (Phi) is 4.44. The predicted molar refractivity (Wildman–Crippen MR) is 75.7 cm³/mol. The Labute approximate surface area is 121 Å². The van der Waals surface area contributed by atoms with Crippen LogP contribution in [0, 0.1) is 0 Å². The summed E-state index contributed by atoms with van der Waals surface area (Å²) in [4.78, 5) is 4.27. The van der Waals surface area contributed by atoms with Crippen molar-refractivity contribution in [3.8, 4) is 0 Å². The van der Waals surface area contributed by atoms with Crippen LogP contribution in [0.2, 0.25) is 0 Å². The van der Waals surface area contributed by atoms with Crippen molar-refractivity contribution in [1.29, 1.82) is 0 Å². The van der Waals surface area contributed by atoms with Gasteiger partial charge in [0.15, 0.2) is 0 Å². The van der Waals surface area contributed by atoms with Gasteiger partial charge in [-0.05, 0) is 28.9 Å². The Morgan fingerprint density at radius 1 is 1.58 bits per heavy atom. The lowest BCUT2D eigenvalue weighted by molar-refractivity contribution is 0.0393. The molecule has 1 aromatic rings. The average Bonchev–Trinajstić information content (AvgIpc) is 2.39. The summed E-state index contributed by atoms with van der Waals surface area (Å²) >= 11 is 3.26. The van der Waals surface area contributed by atoms with Gasteiger partial charge in [0.05, 0.1) is 13.2 Å². The highest BCUT2D eigenvalue weighted by Gasteiger charge is 2.33. The summed E-state index contributed by atoms with van der Waals surface area (Å²) in [6.07, 6.45) is 1.56. The second-order valence-corrected chi connectivity index (χ2v) is 7.06. The number of aromatic nitrogens is 1. The normalized spacial score (nSPS) is 21.3. The molecular formula is C11H16BrN3O3S. The van der Waals surface area contributed by atoms with Gasteiger partial charge in [-0.1, -0.05) is 0 Å². The van der Waals surface area contributed by atoms with E-state index < -0.39 is 10.0 Å². The third-order valence-corrected chi connectivity index (χ3v) is 5.41. The van der Waals surface area contributed by atoms with Crippen molar-refractivity contribution in [2.45, 2.75) is 17.9 Å². The maximum Gasteiger partial charge on any atom is 0.247 e. The number of sulfonamides is 1. The van der Waals surface area contributed by atoms with E-state index in [4.69, 9.17) is 4.74 Å². The lowest BCUT2D eigenvalue weighted by Gasteiger charge is -2.32. The SMILES string of the molecule is CNc1ncc(Br)cc1S(=O)(=O)N1CCOCC1C. The zero-order valence-electron chi connectivity index (χ0n) is 10.8. The van der Waals surface area contributed by atoms with Gasteiger partial charge in [0.2, 0.25) is 10.0 Å². The molecule has 0 bridgehead atoms. The largest absolute Gasteiger partial charge is 0.378 e. The van der Waals surface area contributed by atoms with Gasteiger partial charge in [-0.25, -0.2) is 13.4 Å². The fourth-order valence-corrected chi connectivity index (χ4v) is 4.26. The van der Waals surface area contributed by atoms with Crippen molar-refractivity contribution in [3.63, 3.8) is 0 Å². The van der Waals surface area contributed by atoms with Gasteiger partial charge in [-0.2, -0.15) is 4.31 Å². The van der Waals surface area contributed by atoms with E-state index in [1.165, 1.54) is 4.31 Å². The van der Waals surface area contributed by atoms with E-state index in [9.17, 15) is 8.42 Å². The van der Waals surface area contributed by atoms with Gasteiger partial charge in [0.1, 0.15) is 10.7 Å². The van der Waals surface area contributed by atoms with Crippen LogP contribution in [-0.4, -0.2) is 50.6 Å². The minimum absolute atomic E-state index is 0.178. The first kappa shape index (κ1) is 14.7. The van der Waals surface area contributed by atoms with Gasteiger partial charge in [-0.3, -0.25) is 0 Å². The molecule has 1 aromatic heterocycles. The Bertz CT molecular complexity index is 564. The lowest BCUT2D eigenvalue weighted by atomic mass is 10.3. The minimum atomic E-state index is -3.58. The number of halogens is 1. The molecule has 106 valence electrons. The van der Waals surface area contributed by atoms with Crippen molar-refractivity contribution >= 4 is 31.8 Å². The van der Waals surface area contributed by atoms with Gasteiger partial charge in [0, 0.05) is 30.3 Å². The number of anilines is 1. The maximum atomic E-state index is 12.7. The zero-order chi connectivity index (χ0) is 14.0. The van der Waals surface area contributed by atoms with Crippen molar-refractivity contribution in [1.82, 2.24) is 9.29 Å². The molecule has 6 nitrogen and oxygen atoms in total. The number of pyridine rings is 1. The first-order valence-electron chi connectivity index (χ1n) is 5.89. The van der Waals surface area contributed by atoms with Crippen LogP contribution >= 0.6 is 15.9 Å². The number of hydrogen-bond acceptors (Lipinski definition) is 5. The van der Waals surface area contributed by atoms with E-state index in [1.54, 1.807) is 19.3 Å². The van der Waals surface area contributed by atoms with E-state index in [2.05, 4.69) is 26.2 Å². The number of rotatable bonds is 3. The molecule has 1 saturated heterocycles. The van der Waals surface area contributed by atoms with Crippen molar-refractivity contribution in [3.05, 3.63) is 16.7 Å². The molecule has 19 heavy (non-hydrogen) atoms. The van der Waals surface area contributed by atoms with Crippen molar-refractivity contribution in [2.75, 3.05) is 32.1 Å². The molecule has 1 fully saturated rings. The molecule has 1 atom stereocenters. The van der Waals surface area contributed by atoms with Crippen LogP contribution < -0.4 is 5.32 Å². The smallest absolute Gasteiger partial charge is 0.247 e. The average molecular weight is 350 g/mol. The molecule has 0 amide bonds. The summed E-state index contributed by atoms with van der Waals surface area (Å²) in [5.41, 5.74) is 0. The van der Waals surface area contributed by atoms with Crippen LogP contribution in [0.5, 0.6) is 0 Å². The summed E-state index contributed by atoms with van der Waals surface area (Å²) in [6.45, 7) is 3.02. The van der Waals surface area contributed by atoms with Crippen LogP contribution in [0.4, 0.5) is 5.82 Å². The highest BCUT2D eigenvalue weighted by molar-refractivity contribution is 9.10. The summed E-state index contributed by atoms with van der Waals surface area (Å²) in [7, 11) is -1.93. The Hall–Kier alpha value is -0.700. The second kappa shape index (κ2) is 5.74. The van der Waals surface area contributed by atoms with Crippen LogP contribution in [-0.2, 0) is 14.8 Å². The molecule has 1 N–H and O–H groups in total. The summed E-state index contributed by atoms with van der Waals surface area (Å²) < 4.78 is 32.8. The Balaban J connectivity index is 2.46. The maximum absolute atomic E-state index is 12.7. The molecular weight excluding hydrogens is 334 g/mol. The molecule has 2 heterocycles. The van der Waals surface area contributed by atoms with Gasteiger partial charge >= 0.3 is 0 Å². The molecule has 1 aliphatic heterocycles. The Morgan fingerprint density at radius 3 is 2.95 bits per heavy atom. The number of nitrogens with zero attached hydrogens (tertiary/aromatic N) is 2. The lowest BCUT2D eigenvalue weighted by Crippen LogP contribution is -2.47. The molecule has 8 heteroatoms. The van der Waals surface area contributed by atoms with E-state index in [0.717, 1.165) is 0 Å². The third kappa shape index (κ3) is 2.91. The molecule has 2 rings (SSSR count). The fraction of sp³-hybridized carbons (Fsp3) is 0.545. The number of hydrogen-bond donors (Lipinski definition) is 1. The number of ether oxygens (including phenoxy) is 1. The van der Waals surface area contributed by atoms with E-state index in [1.807, 2.05) is 6.92 Å². The quantitative estimate of drug-likeness (QED) is 0.890. The predicted octanol–water partition coefficient (Wildman–Crippen LogP) is 1.30. The van der Waals surface area contributed by atoms with Crippen LogP contribution in [0.3, 0.4) is 0 Å². The molecule has 0 saturated carbocycles. The highest BCUT2D eigenvalue weighted by Crippen LogP contribution is 2.27. The molecule has 0 aromatic carbocycles. The molecule has 0 aliphatic carbocycles. The molecule has 0 radical (unpaired) electrons. The Morgan fingerprint density at radius 2 is 2.32 bits per heavy atom. The molecule has 1 unspecified atom stereocenters.